The van der Waals surface area contributed by atoms with Gasteiger partial charge in [0.2, 0.25) is 17.7 Å². The second-order valence-electron chi connectivity index (χ2n) is 8.63. The minimum Gasteiger partial charge on any atom is -0.342 e. The van der Waals surface area contributed by atoms with Gasteiger partial charge < -0.3 is 19.3 Å². The van der Waals surface area contributed by atoms with Gasteiger partial charge >= 0.3 is 0 Å². The van der Waals surface area contributed by atoms with Crippen molar-refractivity contribution in [2.75, 3.05) is 18.4 Å². The van der Waals surface area contributed by atoms with Crippen molar-refractivity contribution in [1.29, 1.82) is 0 Å². The van der Waals surface area contributed by atoms with E-state index in [4.69, 9.17) is 4.52 Å². The summed E-state index contributed by atoms with van der Waals surface area (Å²) in [5.41, 5.74) is 1.96. The molecular weight excluding hydrogens is 408 g/mol. The summed E-state index contributed by atoms with van der Waals surface area (Å²) in [6.45, 7) is 7.85. The number of rotatable bonds is 7. The lowest BCUT2D eigenvalue weighted by molar-refractivity contribution is -0.138. The highest BCUT2D eigenvalue weighted by Gasteiger charge is 2.39. The van der Waals surface area contributed by atoms with Gasteiger partial charge in [0.25, 0.3) is 0 Å². The summed E-state index contributed by atoms with van der Waals surface area (Å²) in [4.78, 5) is 36.4. The van der Waals surface area contributed by atoms with Crippen molar-refractivity contribution in [3.63, 3.8) is 0 Å². The summed E-state index contributed by atoms with van der Waals surface area (Å²) in [7, 11) is 0. The number of nitrogens with one attached hydrogen (secondary N) is 1. The second kappa shape index (κ2) is 9.10. The molecular formula is C23H30N6O3. The van der Waals surface area contributed by atoms with E-state index in [9.17, 15) is 9.59 Å². The molecule has 0 spiro atoms. The number of fused-ring (bicyclic) bond motifs is 1. The normalized spacial score (nSPS) is 18.8. The van der Waals surface area contributed by atoms with E-state index < -0.39 is 5.41 Å². The van der Waals surface area contributed by atoms with Crippen molar-refractivity contribution in [2.45, 2.75) is 59.4 Å². The third kappa shape index (κ3) is 4.51. The number of piperidine rings is 1. The number of anilines is 1. The monoisotopic (exact) mass is 438 g/mol. The van der Waals surface area contributed by atoms with Gasteiger partial charge in [-0.1, -0.05) is 12.1 Å². The Morgan fingerprint density at radius 3 is 2.88 bits per heavy atom. The first kappa shape index (κ1) is 22.0. The summed E-state index contributed by atoms with van der Waals surface area (Å²) in [6, 6.07) is 5.77. The summed E-state index contributed by atoms with van der Waals surface area (Å²) in [6.07, 6.45) is 4.73. The Kier molecular flexibility index (Phi) is 6.25. The molecule has 1 atom stereocenters. The van der Waals surface area contributed by atoms with E-state index in [1.165, 1.54) is 0 Å². The van der Waals surface area contributed by atoms with Crippen LogP contribution in [0.1, 0.15) is 51.7 Å². The van der Waals surface area contributed by atoms with Crippen LogP contribution in [0.5, 0.6) is 0 Å². The molecule has 1 saturated heterocycles. The van der Waals surface area contributed by atoms with Crippen molar-refractivity contribution in [3.05, 3.63) is 36.2 Å². The zero-order valence-corrected chi connectivity index (χ0v) is 18.9. The van der Waals surface area contributed by atoms with Crippen LogP contribution in [0.25, 0.3) is 11.0 Å². The zero-order chi connectivity index (χ0) is 22.7. The first-order chi connectivity index (χ1) is 15.4. The van der Waals surface area contributed by atoms with E-state index in [2.05, 4.69) is 31.9 Å². The maximum atomic E-state index is 13.2. The number of benzene rings is 1. The molecule has 2 aromatic heterocycles. The number of nitrogens with zero attached hydrogens (tertiary/aromatic N) is 5. The minimum absolute atomic E-state index is 0.00602. The number of carbonyl (C=O) groups excluding carboxylic acids is 2. The van der Waals surface area contributed by atoms with Crippen LogP contribution >= 0.6 is 0 Å². The maximum absolute atomic E-state index is 13.2. The van der Waals surface area contributed by atoms with Crippen LogP contribution in [0.3, 0.4) is 0 Å². The molecule has 1 aliphatic heterocycles. The lowest BCUT2D eigenvalue weighted by Gasteiger charge is -2.39. The van der Waals surface area contributed by atoms with Crippen LogP contribution < -0.4 is 5.32 Å². The number of hydrogen-bond acceptors (Lipinski definition) is 6. The molecule has 1 aliphatic rings. The van der Waals surface area contributed by atoms with E-state index >= 15 is 0 Å². The molecule has 32 heavy (non-hydrogen) atoms. The molecule has 3 heterocycles. The Bertz CT molecular complexity index is 1120. The predicted octanol–water partition coefficient (Wildman–Crippen LogP) is 3.20. The maximum Gasteiger partial charge on any atom is 0.232 e. The quantitative estimate of drug-likeness (QED) is 0.607. The first-order valence-corrected chi connectivity index (χ1v) is 11.3. The number of likely N-dealkylation sites (tertiary alicyclic amines) is 1. The van der Waals surface area contributed by atoms with Crippen molar-refractivity contribution < 1.29 is 14.1 Å². The van der Waals surface area contributed by atoms with Gasteiger partial charge in [-0.15, -0.1) is 0 Å². The van der Waals surface area contributed by atoms with Gasteiger partial charge in [0.15, 0.2) is 5.82 Å². The van der Waals surface area contributed by atoms with Crippen LogP contribution in [-0.2, 0) is 29.0 Å². The zero-order valence-electron chi connectivity index (χ0n) is 18.9. The Labute approximate surface area is 187 Å². The molecule has 0 aliphatic carbocycles. The van der Waals surface area contributed by atoms with E-state index in [0.29, 0.717) is 44.1 Å². The fourth-order valence-corrected chi connectivity index (χ4v) is 4.22. The van der Waals surface area contributed by atoms with E-state index in [0.717, 1.165) is 36.1 Å². The van der Waals surface area contributed by atoms with Gasteiger partial charge in [-0.05, 0) is 44.9 Å². The molecule has 9 nitrogen and oxygen atoms in total. The minimum atomic E-state index is -0.647. The summed E-state index contributed by atoms with van der Waals surface area (Å²) in [5.74, 6) is 1.06. The van der Waals surface area contributed by atoms with Crippen LogP contribution in [0.2, 0.25) is 0 Å². The van der Waals surface area contributed by atoms with Gasteiger partial charge in [-0.2, -0.15) is 4.98 Å². The van der Waals surface area contributed by atoms with Crippen LogP contribution in [0, 0.1) is 5.41 Å². The largest absolute Gasteiger partial charge is 0.342 e. The van der Waals surface area contributed by atoms with Crippen molar-refractivity contribution in [3.8, 4) is 0 Å². The highest BCUT2D eigenvalue weighted by Crippen LogP contribution is 2.32. The van der Waals surface area contributed by atoms with Gasteiger partial charge in [-0.25, -0.2) is 4.98 Å². The highest BCUT2D eigenvalue weighted by atomic mass is 16.5. The molecule has 1 unspecified atom stereocenters. The predicted molar refractivity (Wildman–Crippen MR) is 120 cm³/mol. The Morgan fingerprint density at radius 1 is 1.28 bits per heavy atom. The fourth-order valence-electron chi connectivity index (χ4n) is 4.22. The van der Waals surface area contributed by atoms with Gasteiger partial charge in [-0.3, -0.25) is 9.59 Å². The average Bonchev–Trinajstić information content (AvgIpc) is 3.43. The molecule has 1 aromatic carbocycles. The molecule has 0 radical (unpaired) electrons. The van der Waals surface area contributed by atoms with Gasteiger partial charge in [0.1, 0.15) is 0 Å². The molecule has 4 rings (SSSR count). The smallest absolute Gasteiger partial charge is 0.232 e. The van der Waals surface area contributed by atoms with Crippen LogP contribution in [0.4, 0.5) is 5.69 Å². The Balaban J connectivity index is 1.38. The van der Waals surface area contributed by atoms with E-state index in [-0.39, 0.29) is 11.8 Å². The molecule has 170 valence electrons. The van der Waals surface area contributed by atoms with Crippen molar-refractivity contribution >= 4 is 28.5 Å². The molecule has 9 heteroatoms. The molecule has 3 aromatic rings. The van der Waals surface area contributed by atoms with Crippen molar-refractivity contribution in [2.24, 2.45) is 5.41 Å². The van der Waals surface area contributed by atoms with Crippen LogP contribution in [-0.4, -0.2) is 49.5 Å². The Morgan fingerprint density at radius 2 is 2.12 bits per heavy atom. The van der Waals surface area contributed by atoms with Gasteiger partial charge in [0.05, 0.1) is 22.8 Å². The number of carbonyl (C=O) groups is 2. The lowest BCUT2D eigenvalue weighted by atomic mass is 9.80. The van der Waals surface area contributed by atoms with Crippen molar-refractivity contribution in [1.82, 2.24) is 24.6 Å². The summed E-state index contributed by atoms with van der Waals surface area (Å²) in [5, 5.41) is 6.91. The molecule has 1 fully saturated rings. The Hall–Kier alpha value is -3.23. The third-order valence-corrected chi connectivity index (χ3v) is 6.20. The lowest BCUT2D eigenvalue weighted by Crippen LogP contribution is -2.50. The molecule has 2 amide bonds. The average molecular weight is 439 g/mol. The second-order valence-corrected chi connectivity index (χ2v) is 8.63. The first-order valence-electron chi connectivity index (χ1n) is 11.3. The number of aryl methyl sites for hydroxylation is 3. The van der Waals surface area contributed by atoms with Crippen LogP contribution in [0.15, 0.2) is 29.0 Å². The summed E-state index contributed by atoms with van der Waals surface area (Å²) >= 11 is 0. The topological polar surface area (TPSA) is 106 Å². The standard InChI is InChI=1S/C23H30N6O3/c1-4-19-26-20(32-27-19)9-10-21(30)29-12-6-11-23(3,14-29)22(31)25-16-7-8-18-17(13-16)24-15-28(18)5-2/h7-8,13,15H,4-6,9-12,14H2,1-3H3,(H,25,31). The van der Waals surface area contributed by atoms with E-state index in [1.54, 1.807) is 11.2 Å². The summed E-state index contributed by atoms with van der Waals surface area (Å²) < 4.78 is 7.24. The number of imidazole rings is 1. The molecule has 1 N–H and O–H groups in total. The fraction of sp³-hybridized carbons (Fsp3) is 0.522. The molecule has 0 bridgehead atoms. The SMILES string of the molecule is CCc1noc(CCC(=O)N2CCCC(C)(C(=O)Nc3ccc4c(c3)ncn4CC)C2)n1. The third-order valence-electron chi connectivity index (χ3n) is 6.20. The van der Waals surface area contributed by atoms with E-state index in [1.807, 2.05) is 32.0 Å². The molecule has 0 saturated carbocycles. The highest BCUT2D eigenvalue weighted by molar-refractivity contribution is 5.97. The number of aromatic nitrogens is 4. The number of hydrogen-bond donors (Lipinski definition) is 1. The number of amides is 2. The van der Waals surface area contributed by atoms with Gasteiger partial charge in [0, 0.05) is 44.6 Å².